The lowest BCUT2D eigenvalue weighted by molar-refractivity contribution is 0.582. The molecule has 0 radical (unpaired) electrons. The molecular weight excluding hydrogens is 434 g/mol. The Hall–Kier alpha value is -1.19. The number of anilines is 2. The van der Waals surface area contributed by atoms with E-state index in [-0.39, 0.29) is 9.37 Å². The van der Waals surface area contributed by atoms with Crippen LogP contribution in [0, 0.1) is 11.6 Å². The first kappa shape index (κ1) is 16.2. The van der Waals surface area contributed by atoms with E-state index in [1.807, 2.05) is 4.72 Å². The number of benzene rings is 2. The molecule has 2 rings (SSSR count). The van der Waals surface area contributed by atoms with E-state index in [0.717, 1.165) is 12.1 Å². The second-order valence-electron chi connectivity index (χ2n) is 4.03. The van der Waals surface area contributed by atoms with Crippen molar-refractivity contribution in [1.29, 1.82) is 0 Å². The number of halogens is 4. The van der Waals surface area contributed by atoms with Crippen molar-refractivity contribution >= 4 is 53.3 Å². The van der Waals surface area contributed by atoms with E-state index >= 15 is 0 Å². The van der Waals surface area contributed by atoms with Crippen LogP contribution in [0.25, 0.3) is 0 Å². The zero-order valence-corrected chi connectivity index (χ0v) is 14.2. The summed E-state index contributed by atoms with van der Waals surface area (Å²) in [5.41, 5.74) is 5.16. The average Bonchev–Trinajstić information content (AvgIpc) is 2.37. The zero-order chi connectivity index (χ0) is 15.8. The lowest BCUT2D eigenvalue weighted by Crippen LogP contribution is -2.15. The summed E-state index contributed by atoms with van der Waals surface area (Å²) in [6.45, 7) is 0. The summed E-state index contributed by atoms with van der Waals surface area (Å²) < 4.78 is 54.0. The minimum absolute atomic E-state index is 0.163. The average molecular weight is 442 g/mol. The molecule has 0 fully saturated rings. The van der Waals surface area contributed by atoms with Gasteiger partial charge in [-0.2, -0.15) is 0 Å². The first-order valence-electron chi connectivity index (χ1n) is 5.43. The topological polar surface area (TPSA) is 72.2 Å². The summed E-state index contributed by atoms with van der Waals surface area (Å²) >= 11 is 6.00. The molecule has 0 aliphatic rings. The standard InChI is InChI=1S/C12H8Br2F2N2O2S/c13-6-3-9(15)12(10(16)4-6)18-21(19,20)7-1-2-11(17)8(14)5-7/h1-5,18H,17H2. The molecule has 0 heterocycles. The van der Waals surface area contributed by atoms with Crippen LogP contribution in [0.15, 0.2) is 44.2 Å². The molecule has 0 saturated carbocycles. The molecule has 2 aromatic carbocycles. The Bertz CT molecular complexity index is 790. The first-order chi connectivity index (χ1) is 9.70. The molecule has 3 N–H and O–H groups in total. The van der Waals surface area contributed by atoms with E-state index in [0.29, 0.717) is 10.2 Å². The van der Waals surface area contributed by atoms with Gasteiger partial charge in [-0.05, 0) is 46.3 Å². The summed E-state index contributed by atoms with van der Waals surface area (Å²) in [4.78, 5) is -0.176. The lowest BCUT2D eigenvalue weighted by atomic mass is 10.3. The maximum atomic E-state index is 13.7. The Balaban J connectivity index is 2.44. The minimum Gasteiger partial charge on any atom is -0.398 e. The van der Waals surface area contributed by atoms with Crippen LogP contribution in [0.5, 0.6) is 0 Å². The molecule has 0 amide bonds. The molecule has 4 nitrogen and oxygen atoms in total. The summed E-state index contributed by atoms with van der Waals surface area (Å²) in [6.07, 6.45) is 0. The number of nitrogen functional groups attached to an aromatic ring is 1. The number of nitrogens with one attached hydrogen (secondary N) is 1. The van der Waals surface area contributed by atoms with Gasteiger partial charge >= 0.3 is 0 Å². The molecule has 0 aliphatic carbocycles. The highest BCUT2D eigenvalue weighted by Gasteiger charge is 2.20. The van der Waals surface area contributed by atoms with Crippen LogP contribution in [-0.4, -0.2) is 8.42 Å². The fourth-order valence-electron chi connectivity index (χ4n) is 1.51. The highest BCUT2D eigenvalue weighted by Crippen LogP contribution is 2.28. The van der Waals surface area contributed by atoms with Crippen LogP contribution in [-0.2, 0) is 10.0 Å². The first-order valence-corrected chi connectivity index (χ1v) is 8.50. The van der Waals surface area contributed by atoms with Gasteiger partial charge in [0, 0.05) is 14.6 Å². The van der Waals surface area contributed by atoms with Gasteiger partial charge in [-0.3, -0.25) is 4.72 Å². The normalized spacial score (nSPS) is 11.4. The molecule has 9 heteroatoms. The van der Waals surface area contributed by atoms with E-state index in [1.54, 1.807) is 0 Å². The van der Waals surface area contributed by atoms with E-state index in [1.165, 1.54) is 18.2 Å². The molecule has 0 saturated heterocycles. The second kappa shape index (κ2) is 5.90. The third-order valence-corrected chi connectivity index (χ3v) is 5.02. The number of hydrogen-bond acceptors (Lipinski definition) is 3. The number of rotatable bonds is 3. The molecule has 2 aromatic rings. The number of nitrogens with two attached hydrogens (primary N) is 1. The second-order valence-corrected chi connectivity index (χ2v) is 7.49. The molecule has 0 spiro atoms. The van der Waals surface area contributed by atoms with Crippen molar-refractivity contribution in [3.8, 4) is 0 Å². The third kappa shape index (κ3) is 3.53. The van der Waals surface area contributed by atoms with Gasteiger partial charge in [0.25, 0.3) is 10.0 Å². The Kier molecular flexibility index (Phi) is 4.54. The SMILES string of the molecule is Nc1ccc(S(=O)(=O)Nc2c(F)cc(Br)cc2F)cc1Br. The van der Waals surface area contributed by atoms with Crippen molar-refractivity contribution in [3.63, 3.8) is 0 Å². The third-order valence-electron chi connectivity index (χ3n) is 2.53. The highest BCUT2D eigenvalue weighted by atomic mass is 79.9. The van der Waals surface area contributed by atoms with Gasteiger partial charge in [0.05, 0.1) is 4.90 Å². The van der Waals surface area contributed by atoms with E-state index in [9.17, 15) is 17.2 Å². The number of sulfonamides is 1. The van der Waals surface area contributed by atoms with E-state index in [4.69, 9.17) is 5.73 Å². The van der Waals surface area contributed by atoms with Crippen molar-refractivity contribution in [3.05, 3.63) is 50.9 Å². The van der Waals surface area contributed by atoms with E-state index < -0.39 is 27.3 Å². The van der Waals surface area contributed by atoms with Crippen LogP contribution in [0.1, 0.15) is 0 Å². The zero-order valence-electron chi connectivity index (χ0n) is 10.2. The Morgan fingerprint density at radius 2 is 1.62 bits per heavy atom. The van der Waals surface area contributed by atoms with Crippen molar-refractivity contribution in [2.75, 3.05) is 10.5 Å². The van der Waals surface area contributed by atoms with Gasteiger partial charge in [-0.1, -0.05) is 15.9 Å². The molecule has 0 aromatic heterocycles. The highest BCUT2D eigenvalue weighted by molar-refractivity contribution is 9.10. The van der Waals surface area contributed by atoms with E-state index in [2.05, 4.69) is 31.9 Å². The molecule has 0 atom stereocenters. The smallest absolute Gasteiger partial charge is 0.262 e. The van der Waals surface area contributed by atoms with Gasteiger partial charge < -0.3 is 5.73 Å². The maximum absolute atomic E-state index is 13.7. The molecule has 0 unspecified atom stereocenters. The van der Waals surface area contributed by atoms with Crippen molar-refractivity contribution < 1.29 is 17.2 Å². The van der Waals surface area contributed by atoms with Crippen LogP contribution in [0.4, 0.5) is 20.2 Å². The quantitative estimate of drug-likeness (QED) is 0.710. The van der Waals surface area contributed by atoms with Crippen LogP contribution in [0.3, 0.4) is 0 Å². The van der Waals surface area contributed by atoms with Crippen molar-refractivity contribution in [2.45, 2.75) is 4.90 Å². The Morgan fingerprint density at radius 1 is 1.05 bits per heavy atom. The molecule has 21 heavy (non-hydrogen) atoms. The van der Waals surface area contributed by atoms with Gasteiger partial charge in [0.2, 0.25) is 0 Å². The van der Waals surface area contributed by atoms with Crippen molar-refractivity contribution in [1.82, 2.24) is 0 Å². The summed E-state index contributed by atoms with van der Waals surface area (Å²) in [7, 11) is -4.14. The summed E-state index contributed by atoms with van der Waals surface area (Å²) in [5.74, 6) is -2.06. The van der Waals surface area contributed by atoms with Gasteiger partial charge in [-0.15, -0.1) is 0 Å². The summed E-state index contributed by atoms with van der Waals surface area (Å²) in [6, 6.07) is 5.76. The van der Waals surface area contributed by atoms with Crippen LogP contribution in [0.2, 0.25) is 0 Å². The van der Waals surface area contributed by atoms with Crippen LogP contribution >= 0.6 is 31.9 Å². The predicted octanol–water partition coefficient (Wildman–Crippen LogP) is 3.87. The largest absolute Gasteiger partial charge is 0.398 e. The number of hydrogen-bond donors (Lipinski definition) is 2. The lowest BCUT2D eigenvalue weighted by Gasteiger charge is -2.11. The van der Waals surface area contributed by atoms with Gasteiger partial charge in [0.1, 0.15) is 5.69 Å². The maximum Gasteiger partial charge on any atom is 0.262 e. The fraction of sp³-hybridized carbons (Fsp3) is 0. The van der Waals surface area contributed by atoms with Crippen molar-refractivity contribution in [2.24, 2.45) is 0 Å². The molecular formula is C12H8Br2F2N2O2S. The molecule has 112 valence electrons. The molecule has 0 aliphatic heterocycles. The fourth-order valence-corrected chi connectivity index (χ4v) is 3.54. The predicted molar refractivity (Wildman–Crippen MR) is 83.4 cm³/mol. The summed E-state index contributed by atoms with van der Waals surface area (Å²) in [5, 5.41) is 0. The monoisotopic (exact) mass is 440 g/mol. The molecule has 0 bridgehead atoms. The van der Waals surface area contributed by atoms with Gasteiger partial charge in [-0.25, -0.2) is 17.2 Å². The minimum atomic E-state index is -4.14. The Labute approximate surface area is 136 Å². The Morgan fingerprint density at radius 3 is 2.14 bits per heavy atom. The van der Waals surface area contributed by atoms with Gasteiger partial charge in [0.15, 0.2) is 11.6 Å². The van der Waals surface area contributed by atoms with Crippen LogP contribution < -0.4 is 10.5 Å².